The van der Waals surface area contributed by atoms with Gasteiger partial charge in [-0.2, -0.15) is 0 Å². The summed E-state index contributed by atoms with van der Waals surface area (Å²) >= 11 is 0. The molecule has 1 aromatic heterocycles. The van der Waals surface area contributed by atoms with Crippen LogP contribution in [0, 0.1) is 6.92 Å². The topological polar surface area (TPSA) is 98.2 Å². The number of aryl methyl sites for hydroxylation is 1. The molecule has 1 aliphatic rings. The predicted molar refractivity (Wildman–Crippen MR) is 143 cm³/mol. The molecule has 1 aliphatic heterocycles. The summed E-state index contributed by atoms with van der Waals surface area (Å²) in [7, 11) is 3.05. The van der Waals surface area contributed by atoms with E-state index in [0.29, 0.717) is 35.0 Å². The van der Waals surface area contributed by atoms with Gasteiger partial charge >= 0.3 is 0 Å². The monoisotopic (exact) mass is 516 g/mol. The van der Waals surface area contributed by atoms with Gasteiger partial charge in [-0.3, -0.25) is 14.6 Å². The normalized spacial score (nSPS) is 16.5. The number of hydrogen-bond donors (Lipinski definition) is 1. The molecular formula is C30H32N2O6. The largest absolute Gasteiger partial charge is 0.507 e. The highest BCUT2D eigenvalue weighted by Gasteiger charge is 2.46. The number of ketones is 1. The van der Waals surface area contributed by atoms with Gasteiger partial charge in [-0.05, 0) is 66.4 Å². The number of aromatic nitrogens is 1. The number of likely N-dealkylation sites (tertiary alicyclic amines) is 1. The van der Waals surface area contributed by atoms with Gasteiger partial charge in [0.05, 0.1) is 32.4 Å². The van der Waals surface area contributed by atoms with Crippen molar-refractivity contribution < 1.29 is 28.9 Å². The highest BCUT2D eigenvalue weighted by molar-refractivity contribution is 6.46. The minimum atomic E-state index is -0.851. The Balaban J connectivity index is 1.82. The number of amides is 1. The quantitative estimate of drug-likeness (QED) is 0.171. The van der Waals surface area contributed by atoms with E-state index >= 15 is 0 Å². The Morgan fingerprint density at radius 1 is 1.03 bits per heavy atom. The number of aliphatic hydroxyl groups excluding tert-OH is 1. The van der Waals surface area contributed by atoms with E-state index in [0.717, 1.165) is 24.0 Å². The first-order valence-corrected chi connectivity index (χ1v) is 12.5. The third kappa shape index (κ3) is 5.34. The average molecular weight is 517 g/mol. The van der Waals surface area contributed by atoms with E-state index in [2.05, 4.69) is 11.9 Å². The Bertz CT molecular complexity index is 1350. The number of benzene rings is 2. The molecule has 2 heterocycles. The Labute approximate surface area is 222 Å². The summed E-state index contributed by atoms with van der Waals surface area (Å²) in [4.78, 5) is 32.3. The first-order chi connectivity index (χ1) is 18.4. The molecule has 1 saturated heterocycles. The van der Waals surface area contributed by atoms with Crippen LogP contribution >= 0.6 is 0 Å². The van der Waals surface area contributed by atoms with Gasteiger partial charge in [-0.15, -0.1) is 0 Å². The molecular weight excluding hydrogens is 484 g/mol. The lowest BCUT2D eigenvalue weighted by molar-refractivity contribution is -0.140. The molecule has 1 N–H and O–H groups in total. The maximum Gasteiger partial charge on any atom is 0.295 e. The number of ether oxygens (including phenoxy) is 3. The molecule has 0 bridgehead atoms. The first kappa shape index (κ1) is 26.7. The van der Waals surface area contributed by atoms with Crippen LogP contribution in [-0.2, 0) is 16.1 Å². The summed E-state index contributed by atoms with van der Waals surface area (Å²) in [6.45, 7) is 4.71. The number of methoxy groups -OCH3 is 2. The van der Waals surface area contributed by atoms with Crippen LogP contribution in [0.25, 0.3) is 5.76 Å². The van der Waals surface area contributed by atoms with E-state index < -0.39 is 17.7 Å². The van der Waals surface area contributed by atoms with Crippen LogP contribution < -0.4 is 14.2 Å². The molecule has 2 aromatic carbocycles. The lowest BCUT2D eigenvalue weighted by atomic mass is 9.94. The van der Waals surface area contributed by atoms with Crippen molar-refractivity contribution in [1.29, 1.82) is 0 Å². The Kier molecular flexibility index (Phi) is 8.31. The fraction of sp³-hybridized carbons (Fsp3) is 0.300. The zero-order chi connectivity index (χ0) is 27.2. The zero-order valence-electron chi connectivity index (χ0n) is 22.1. The fourth-order valence-electron chi connectivity index (χ4n) is 4.54. The van der Waals surface area contributed by atoms with Crippen molar-refractivity contribution in [2.45, 2.75) is 39.3 Å². The van der Waals surface area contributed by atoms with Crippen molar-refractivity contribution >= 4 is 17.4 Å². The van der Waals surface area contributed by atoms with Crippen LogP contribution in [0.4, 0.5) is 0 Å². The molecule has 1 atom stereocenters. The van der Waals surface area contributed by atoms with Crippen LogP contribution in [0.3, 0.4) is 0 Å². The van der Waals surface area contributed by atoms with E-state index in [1.165, 1.54) is 19.1 Å². The van der Waals surface area contributed by atoms with Crippen molar-refractivity contribution in [3.05, 3.63) is 88.8 Å². The molecule has 198 valence electrons. The summed E-state index contributed by atoms with van der Waals surface area (Å²) in [6, 6.07) is 13.2. The molecule has 8 heteroatoms. The number of carbonyl (C=O) groups excluding carboxylic acids is 2. The van der Waals surface area contributed by atoms with Crippen molar-refractivity contribution in [1.82, 2.24) is 9.88 Å². The summed E-state index contributed by atoms with van der Waals surface area (Å²) < 4.78 is 16.7. The third-order valence-corrected chi connectivity index (χ3v) is 6.54. The molecule has 0 saturated carbocycles. The third-order valence-electron chi connectivity index (χ3n) is 6.54. The molecule has 38 heavy (non-hydrogen) atoms. The number of unbranched alkanes of at least 4 members (excludes halogenated alkanes) is 1. The van der Waals surface area contributed by atoms with Gasteiger partial charge in [-0.1, -0.05) is 25.5 Å². The highest BCUT2D eigenvalue weighted by Crippen LogP contribution is 2.43. The van der Waals surface area contributed by atoms with Crippen molar-refractivity contribution in [3.8, 4) is 17.2 Å². The molecule has 1 fully saturated rings. The minimum absolute atomic E-state index is 0.00478. The van der Waals surface area contributed by atoms with E-state index in [9.17, 15) is 14.7 Å². The maximum atomic E-state index is 13.4. The van der Waals surface area contributed by atoms with Gasteiger partial charge in [0.25, 0.3) is 11.7 Å². The number of aliphatic hydroxyl groups is 1. The molecule has 0 unspecified atom stereocenters. The van der Waals surface area contributed by atoms with Gasteiger partial charge in [0.2, 0.25) is 0 Å². The van der Waals surface area contributed by atoms with Crippen molar-refractivity contribution in [2.75, 3.05) is 20.8 Å². The number of nitrogens with zero attached hydrogens (tertiary/aromatic N) is 2. The fourth-order valence-corrected chi connectivity index (χ4v) is 4.54. The van der Waals surface area contributed by atoms with Crippen molar-refractivity contribution in [3.63, 3.8) is 0 Å². The van der Waals surface area contributed by atoms with Gasteiger partial charge < -0.3 is 24.2 Å². The maximum absolute atomic E-state index is 13.4. The summed E-state index contributed by atoms with van der Waals surface area (Å²) in [5.74, 6) is -0.0434. The average Bonchev–Trinajstić information content (AvgIpc) is 3.18. The van der Waals surface area contributed by atoms with E-state index in [-0.39, 0.29) is 17.9 Å². The Morgan fingerprint density at radius 2 is 1.79 bits per heavy atom. The highest BCUT2D eigenvalue weighted by atomic mass is 16.5. The van der Waals surface area contributed by atoms with E-state index in [1.54, 1.807) is 54.9 Å². The van der Waals surface area contributed by atoms with Crippen LogP contribution in [0.1, 0.15) is 48.1 Å². The molecule has 4 rings (SSSR count). The van der Waals surface area contributed by atoms with Gasteiger partial charge in [-0.25, -0.2) is 0 Å². The second kappa shape index (κ2) is 11.8. The second-order valence-electron chi connectivity index (χ2n) is 9.08. The summed E-state index contributed by atoms with van der Waals surface area (Å²) in [5, 5.41) is 11.5. The Morgan fingerprint density at radius 3 is 2.45 bits per heavy atom. The van der Waals surface area contributed by atoms with Gasteiger partial charge in [0.1, 0.15) is 11.5 Å². The Hall–Kier alpha value is -4.33. The van der Waals surface area contributed by atoms with Crippen LogP contribution in [-0.4, -0.2) is 47.5 Å². The summed E-state index contributed by atoms with van der Waals surface area (Å²) in [5.41, 5.74) is 2.60. The van der Waals surface area contributed by atoms with Crippen LogP contribution in [0.2, 0.25) is 0 Å². The van der Waals surface area contributed by atoms with Crippen LogP contribution in [0.15, 0.2) is 66.5 Å². The number of hydrogen-bond acceptors (Lipinski definition) is 7. The second-order valence-corrected chi connectivity index (χ2v) is 9.08. The SMILES string of the molecule is CCCCOc1ccc(/C(O)=C2\C(=O)C(=O)N(Cc3cccnc3)[C@H]2c2ccc(OC)c(OC)c2)cc1C. The lowest BCUT2D eigenvalue weighted by Gasteiger charge is -2.26. The lowest BCUT2D eigenvalue weighted by Crippen LogP contribution is -2.29. The predicted octanol–water partition coefficient (Wildman–Crippen LogP) is 5.21. The first-order valence-electron chi connectivity index (χ1n) is 12.5. The smallest absolute Gasteiger partial charge is 0.295 e. The molecule has 1 amide bonds. The van der Waals surface area contributed by atoms with E-state index in [1.807, 2.05) is 13.0 Å². The summed E-state index contributed by atoms with van der Waals surface area (Å²) in [6.07, 6.45) is 5.24. The van der Waals surface area contributed by atoms with Gasteiger partial charge in [0.15, 0.2) is 11.5 Å². The molecule has 0 radical (unpaired) electrons. The van der Waals surface area contributed by atoms with E-state index in [4.69, 9.17) is 14.2 Å². The number of rotatable bonds is 10. The van der Waals surface area contributed by atoms with Crippen molar-refractivity contribution in [2.24, 2.45) is 0 Å². The van der Waals surface area contributed by atoms with Gasteiger partial charge in [0, 0.05) is 24.5 Å². The van der Waals surface area contributed by atoms with Crippen LogP contribution in [0.5, 0.6) is 17.2 Å². The number of carbonyl (C=O) groups is 2. The zero-order valence-corrected chi connectivity index (χ0v) is 22.1. The molecule has 0 aliphatic carbocycles. The molecule has 8 nitrogen and oxygen atoms in total. The number of Topliss-reactive ketones (excluding diaryl/α,β-unsaturated/α-hetero) is 1. The standard InChI is InChI=1S/C30H32N2O6/c1-5-6-14-38-23-11-10-22(15-19(23)2)28(33)26-27(21-9-12-24(36-3)25(16-21)37-4)32(30(35)29(26)34)18-20-8-7-13-31-17-20/h7-13,15-17,27,33H,5-6,14,18H2,1-4H3/b28-26+/t27-/m0/s1. The molecule has 3 aromatic rings. The molecule has 0 spiro atoms. The minimum Gasteiger partial charge on any atom is -0.507 e. The number of pyridine rings is 1.